The molecule has 2 heterocycles. The molecule has 1 atom stereocenters. The average molecular weight is 371 g/mol. The van der Waals surface area contributed by atoms with Crippen LogP contribution < -0.4 is 5.32 Å². The molecule has 1 aliphatic heterocycles. The molecule has 132 valence electrons. The van der Waals surface area contributed by atoms with E-state index in [0.717, 1.165) is 25.8 Å². The summed E-state index contributed by atoms with van der Waals surface area (Å²) in [6.07, 6.45) is 6.99. The highest BCUT2D eigenvalue weighted by Gasteiger charge is 2.35. The van der Waals surface area contributed by atoms with Gasteiger partial charge in [-0.25, -0.2) is 4.98 Å². The van der Waals surface area contributed by atoms with Gasteiger partial charge in [0.2, 0.25) is 11.8 Å². The Balaban J connectivity index is 1.72. The van der Waals surface area contributed by atoms with Gasteiger partial charge < -0.3 is 10.2 Å². The molecule has 2 aliphatic rings. The summed E-state index contributed by atoms with van der Waals surface area (Å²) in [7, 11) is 1.93. The third-order valence-corrected chi connectivity index (χ3v) is 5.90. The SMILES string of the molecule is CN1CCN(C(CC2CCCC2)C(=O)Nc2ncc(Cl)s2)C(=O)C1. The summed E-state index contributed by atoms with van der Waals surface area (Å²) in [5.41, 5.74) is 0. The molecule has 0 spiro atoms. The number of likely N-dealkylation sites (N-methyl/N-ethyl adjacent to an activating group) is 1. The van der Waals surface area contributed by atoms with Gasteiger partial charge in [-0.3, -0.25) is 14.5 Å². The van der Waals surface area contributed by atoms with Gasteiger partial charge in [-0.15, -0.1) is 0 Å². The minimum Gasteiger partial charge on any atom is -0.328 e. The second kappa shape index (κ2) is 7.80. The molecule has 1 unspecified atom stereocenters. The number of carbonyl (C=O) groups excluding carboxylic acids is 2. The summed E-state index contributed by atoms with van der Waals surface area (Å²) in [6.45, 7) is 1.76. The first-order valence-electron chi connectivity index (χ1n) is 8.43. The topological polar surface area (TPSA) is 65.5 Å². The predicted molar refractivity (Wildman–Crippen MR) is 95.3 cm³/mol. The average Bonchev–Trinajstić information content (AvgIpc) is 3.17. The molecule has 1 aliphatic carbocycles. The Labute approximate surface area is 151 Å². The van der Waals surface area contributed by atoms with Crippen molar-refractivity contribution in [1.29, 1.82) is 0 Å². The molecule has 1 aromatic heterocycles. The normalized spacial score (nSPS) is 21.2. The van der Waals surface area contributed by atoms with Crippen LogP contribution in [0.1, 0.15) is 32.1 Å². The zero-order valence-corrected chi connectivity index (χ0v) is 15.4. The van der Waals surface area contributed by atoms with Crippen molar-refractivity contribution >= 4 is 39.9 Å². The zero-order chi connectivity index (χ0) is 17.1. The van der Waals surface area contributed by atoms with Crippen LogP contribution in [-0.2, 0) is 9.59 Å². The van der Waals surface area contributed by atoms with Crippen LogP contribution in [0.3, 0.4) is 0 Å². The van der Waals surface area contributed by atoms with Gasteiger partial charge in [-0.1, -0.05) is 48.6 Å². The molecule has 1 N–H and O–H groups in total. The van der Waals surface area contributed by atoms with Crippen LogP contribution in [0.15, 0.2) is 6.20 Å². The Bertz CT molecular complexity index is 603. The molecule has 1 aromatic rings. The van der Waals surface area contributed by atoms with Crippen LogP contribution >= 0.6 is 22.9 Å². The first-order chi connectivity index (χ1) is 11.5. The Morgan fingerprint density at radius 3 is 2.83 bits per heavy atom. The van der Waals surface area contributed by atoms with E-state index in [4.69, 9.17) is 11.6 Å². The fraction of sp³-hybridized carbons (Fsp3) is 0.688. The molecule has 0 radical (unpaired) electrons. The molecule has 8 heteroatoms. The van der Waals surface area contributed by atoms with Crippen molar-refractivity contribution in [1.82, 2.24) is 14.8 Å². The second-order valence-electron chi connectivity index (χ2n) is 6.69. The van der Waals surface area contributed by atoms with Crippen LogP contribution in [0.4, 0.5) is 5.13 Å². The second-order valence-corrected chi connectivity index (χ2v) is 8.35. The number of halogens is 1. The molecule has 1 saturated carbocycles. The molecule has 1 saturated heterocycles. The van der Waals surface area contributed by atoms with Crippen molar-refractivity contribution in [2.24, 2.45) is 5.92 Å². The molecule has 0 aromatic carbocycles. The van der Waals surface area contributed by atoms with Crippen molar-refractivity contribution in [3.8, 4) is 0 Å². The van der Waals surface area contributed by atoms with E-state index in [1.54, 1.807) is 4.90 Å². The van der Waals surface area contributed by atoms with E-state index in [1.165, 1.54) is 30.4 Å². The quantitative estimate of drug-likeness (QED) is 0.864. The monoisotopic (exact) mass is 370 g/mol. The number of amides is 2. The maximum atomic E-state index is 12.8. The summed E-state index contributed by atoms with van der Waals surface area (Å²) in [4.78, 5) is 33.1. The van der Waals surface area contributed by atoms with Crippen LogP contribution in [0.25, 0.3) is 0 Å². The van der Waals surface area contributed by atoms with E-state index in [-0.39, 0.29) is 11.8 Å². The van der Waals surface area contributed by atoms with Gasteiger partial charge in [0.25, 0.3) is 0 Å². The Morgan fingerprint density at radius 2 is 2.21 bits per heavy atom. The Kier molecular flexibility index (Phi) is 5.73. The summed E-state index contributed by atoms with van der Waals surface area (Å²) in [6, 6.07) is -0.419. The summed E-state index contributed by atoms with van der Waals surface area (Å²) < 4.78 is 0.535. The number of piperazine rings is 1. The Morgan fingerprint density at radius 1 is 1.46 bits per heavy atom. The van der Waals surface area contributed by atoms with E-state index >= 15 is 0 Å². The third kappa shape index (κ3) is 4.26. The van der Waals surface area contributed by atoms with Crippen LogP contribution in [-0.4, -0.2) is 59.3 Å². The van der Waals surface area contributed by atoms with Gasteiger partial charge in [-0.2, -0.15) is 0 Å². The number of hydrogen-bond acceptors (Lipinski definition) is 5. The molecule has 0 bridgehead atoms. The van der Waals surface area contributed by atoms with Gasteiger partial charge in [0.05, 0.1) is 12.7 Å². The molecule has 2 amide bonds. The molecule has 6 nitrogen and oxygen atoms in total. The minimum absolute atomic E-state index is 0.0269. The standard InChI is InChI=1S/C16H23ClN4O2S/c1-20-6-7-21(14(22)10-20)12(8-11-4-2-3-5-11)15(23)19-16-18-9-13(17)24-16/h9,11-12H,2-8,10H2,1H3,(H,18,19,23). The smallest absolute Gasteiger partial charge is 0.248 e. The Hall–Kier alpha value is -1.18. The van der Waals surface area contributed by atoms with E-state index in [0.29, 0.717) is 28.5 Å². The van der Waals surface area contributed by atoms with E-state index in [2.05, 4.69) is 10.3 Å². The van der Waals surface area contributed by atoms with E-state index < -0.39 is 6.04 Å². The van der Waals surface area contributed by atoms with Crippen molar-refractivity contribution < 1.29 is 9.59 Å². The largest absolute Gasteiger partial charge is 0.328 e. The molecule has 24 heavy (non-hydrogen) atoms. The lowest BCUT2D eigenvalue weighted by Gasteiger charge is -2.37. The maximum absolute atomic E-state index is 12.8. The highest BCUT2D eigenvalue weighted by atomic mass is 35.5. The number of nitrogens with zero attached hydrogens (tertiary/aromatic N) is 3. The third-order valence-electron chi connectivity index (χ3n) is 4.87. The van der Waals surface area contributed by atoms with E-state index in [1.807, 2.05) is 11.9 Å². The lowest BCUT2D eigenvalue weighted by molar-refractivity contribution is -0.143. The molecular formula is C16H23ClN4O2S. The zero-order valence-electron chi connectivity index (χ0n) is 13.8. The fourth-order valence-corrected chi connectivity index (χ4v) is 4.39. The van der Waals surface area contributed by atoms with Gasteiger partial charge in [0.15, 0.2) is 5.13 Å². The van der Waals surface area contributed by atoms with Crippen molar-refractivity contribution in [3.63, 3.8) is 0 Å². The number of rotatable bonds is 5. The van der Waals surface area contributed by atoms with Crippen LogP contribution in [0.2, 0.25) is 4.34 Å². The predicted octanol–water partition coefficient (Wildman–Crippen LogP) is 2.46. The maximum Gasteiger partial charge on any atom is 0.248 e. The fourth-order valence-electron chi connectivity index (χ4n) is 3.57. The number of aromatic nitrogens is 1. The van der Waals surface area contributed by atoms with Gasteiger partial charge in [-0.05, 0) is 19.4 Å². The molecular weight excluding hydrogens is 348 g/mol. The van der Waals surface area contributed by atoms with Crippen molar-refractivity contribution in [2.45, 2.75) is 38.1 Å². The highest BCUT2D eigenvalue weighted by Crippen LogP contribution is 2.31. The van der Waals surface area contributed by atoms with Crippen LogP contribution in [0, 0.1) is 5.92 Å². The number of thiazole rings is 1. The number of hydrogen-bond donors (Lipinski definition) is 1. The molecule has 3 rings (SSSR count). The first kappa shape index (κ1) is 17.6. The van der Waals surface area contributed by atoms with Crippen molar-refractivity contribution in [2.75, 3.05) is 32.0 Å². The number of anilines is 1. The van der Waals surface area contributed by atoms with Gasteiger partial charge in [0, 0.05) is 13.1 Å². The van der Waals surface area contributed by atoms with Crippen LogP contribution in [0.5, 0.6) is 0 Å². The lowest BCUT2D eigenvalue weighted by atomic mass is 9.96. The molecule has 2 fully saturated rings. The number of nitrogens with one attached hydrogen (secondary N) is 1. The summed E-state index contributed by atoms with van der Waals surface area (Å²) in [5.74, 6) is 0.401. The minimum atomic E-state index is -0.419. The van der Waals surface area contributed by atoms with Gasteiger partial charge >= 0.3 is 0 Å². The van der Waals surface area contributed by atoms with Gasteiger partial charge in [0.1, 0.15) is 10.4 Å². The first-order valence-corrected chi connectivity index (χ1v) is 9.62. The van der Waals surface area contributed by atoms with Crippen molar-refractivity contribution in [3.05, 3.63) is 10.5 Å². The highest BCUT2D eigenvalue weighted by molar-refractivity contribution is 7.19. The number of carbonyl (C=O) groups is 2. The lowest BCUT2D eigenvalue weighted by Crippen LogP contribution is -2.56. The summed E-state index contributed by atoms with van der Waals surface area (Å²) in [5, 5.41) is 3.33. The van der Waals surface area contributed by atoms with E-state index in [9.17, 15) is 9.59 Å². The summed E-state index contributed by atoms with van der Waals surface area (Å²) >= 11 is 7.12.